The van der Waals surface area contributed by atoms with Crippen molar-refractivity contribution in [3.05, 3.63) is 148 Å². The third-order valence-corrected chi connectivity index (χ3v) is 19.8. The van der Waals surface area contributed by atoms with Gasteiger partial charge in [0.15, 0.2) is 17.4 Å². The molecule has 0 aromatic heterocycles. The van der Waals surface area contributed by atoms with Crippen molar-refractivity contribution < 1.29 is 134 Å². The summed E-state index contributed by atoms with van der Waals surface area (Å²) in [5, 5.41) is 52.6. The van der Waals surface area contributed by atoms with Crippen LogP contribution in [0, 0.1) is 5.92 Å². The molecule has 0 bridgehead atoms. The van der Waals surface area contributed by atoms with E-state index in [1.165, 1.54) is 24.3 Å². The highest BCUT2D eigenvalue weighted by Gasteiger charge is 2.30. The third kappa shape index (κ3) is 45.9. The predicted octanol–water partition coefficient (Wildman–Crippen LogP) is 8.61. The fraction of sp³-hybridized carbons (Fsp3) is 0.538. The summed E-state index contributed by atoms with van der Waals surface area (Å²) in [5.41, 5.74) is 4.08. The number of carbonyl (C=O) groups is 10. The number of urea groups is 1. The van der Waals surface area contributed by atoms with Crippen LogP contribution in [-0.4, -0.2) is 275 Å². The van der Waals surface area contributed by atoms with Gasteiger partial charge in [0.05, 0.1) is 177 Å². The Kier molecular flexibility index (Phi) is 53.6. The number of benzene rings is 5. The van der Waals surface area contributed by atoms with Crippen molar-refractivity contribution in [1.29, 1.82) is 0 Å². The van der Waals surface area contributed by atoms with Crippen LogP contribution in [0.15, 0.2) is 124 Å². The molecule has 9 N–H and O–H groups in total. The smallest absolute Gasteiger partial charge is 0.336 e. The topological polar surface area (TPSA) is 462 Å². The van der Waals surface area contributed by atoms with Crippen molar-refractivity contribution in [2.24, 2.45) is 5.92 Å². The zero-order valence-electron chi connectivity index (χ0n) is 71.6. The van der Waals surface area contributed by atoms with E-state index in [0.29, 0.717) is 223 Å². The summed E-state index contributed by atoms with van der Waals surface area (Å²) >= 11 is 5.65. The molecule has 0 saturated heterocycles. The van der Waals surface area contributed by atoms with E-state index < -0.39 is 54.6 Å². The lowest BCUT2D eigenvalue weighted by Gasteiger charge is -2.22. The lowest BCUT2D eigenvalue weighted by atomic mass is 9.89. The van der Waals surface area contributed by atoms with Gasteiger partial charge in [-0.1, -0.05) is 111 Å². The molecule has 126 heavy (non-hydrogen) atoms. The third-order valence-electron chi connectivity index (χ3n) is 19.4. The maximum Gasteiger partial charge on any atom is 0.336 e. The Hall–Kier alpha value is -10.1. The van der Waals surface area contributed by atoms with Crippen LogP contribution in [0.25, 0.3) is 33.4 Å². The number of thiocarbonyl (C=S) groups is 1. The summed E-state index contributed by atoms with van der Waals surface area (Å²) in [6.45, 7) is 9.68. The number of rotatable bonds is 76. The van der Waals surface area contributed by atoms with E-state index in [2.05, 4.69) is 31.3 Å². The molecular formula is C91H123N5O29S. The predicted molar refractivity (Wildman–Crippen MR) is 467 cm³/mol. The van der Waals surface area contributed by atoms with Gasteiger partial charge >= 0.3 is 23.9 Å². The second-order valence-electron chi connectivity index (χ2n) is 29.3. The molecule has 0 radical (unpaired) electrons. The lowest BCUT2D eigenvalue weighted by molar-refractivity contribution is -0.141. The maximum absolute atomic E-state index is 14.2. The fourth-order valence-electron chi connectivity index (χ4n) is 13.0. The molecule has 4 atom stereocenters. The quantitative estimate of drug-likeness (QED) is 0.00567. The number of fused-ring (bicyclic) bond motifs is 2. The van der Waals surface area contributed by atoms with Crippen LogP contribution < -0.4 is 32.0 Å². The van der Waals surface area contributed by atoms with E-state index in [9.17, 15) is 68.1 Å². The summed E-state index contributed by atoms with van der Waals surface area (Å²) in [5.74, 6) is -5.39. The minimum atomic E-state index is -1.42. The van der Waals surface area contributed by atoms with E-state index in [-0.39, 0.29) is 129 Å². The second-order valence-corrected chi connectivity index (χ2v) is 29.9. The molecule has 1 aliphatic heterocycles. The Bertz CT molecular complexity index is 4230. The van der Waals surface area contributed by atoms with Crippen LogP contribution in [0.3, 0.4) is 0 Å². The fourth-order valence-corrected chi connectivity index (χ4v) is 13.3. The standard InChI is InChI=1S/C91H123N5O29S/c97-65-124-85(29-30-86(104)105)96-91(111)95-78(90(109)110)28-24-70(98)18-11-3-1-2-4-12-20-84(103)94-79(61-67-16-9-6-10-17-67)80(101)62-69(58-66-14-7-5-8-15-66)88(106)93-33-35-113-37-39-115-41-43-117-45-47-119-49-51-121-53-55-123-57-56-122-54-52-120-50-48-118-46-44-116-42-40-114-38-36-112-34-31-83(102)92-32-13-19-73(126)59-68-21-25-74(77(60-68)89(107)108)87-75-26-22-71(99)63-81(75)125-82-64-72(100)23-27-76(82)87/h5-10,14-17,21-23,25-27,60,63-65,69,78-79,85,99H,1-4,11-13,18-20,24,28-59,61-62H2,(H,92,102)(H,93,106)(H,94,103)(H,104,105)(H,107,108)(H,109,110)(H2,95,96,111)/t69-,78+,79+,85-/m1/s1. The SMILES string of the molecule is O=CO[C@H](CCC(=O)O)NC(=O)N[C@@H](CCC(=O)CCCCCCCCC(=O)N[C@@H](Cc1ccccc1)C(=O)C[C@@H](Cc1ccccc1)C(=O)NCCOCCOCCOCCOCCOCCOCCOCCOCCOCCOCCOCCOCCC(=O)NCCCC(=S)Cc1ccc(-c2c3ccc(=O)cc-3oc3cc(O)ccc23)c(C(=O)O)c1)C(=O)O. The summed E-state index contributed by atoms with van der Waals surface area (Å²) in [6.07, 6.45) is 4.49. The molecule has 0 unspecified atom stereocenters. The average Bonchev–Trinajstić information content (AvgIpc) is 0.747. The number of carboxylic acid groups (broad SMARTS) is 3. The van der Waals surface area contributed by atoms with Crippen molar-refractivity contribution in [2.45, 2.75) is 140 Å². The van der Waals surface area contributed by atoms with E-state index in [0.717, 1.165) is 42.4 Å². The van der Waals surface area contributed by atoms with Gasteiger partial charge in [-0.3, -0.25) is 38.4 Å². The maximum atomic E-state index is 14.2. The van der Waals surface area contributed by atoms with Gasteiger partial charge in [0.25, 0.3) is 6.47 Å². The molecule has 0 spiro atoms. The highest BCUT2D eigenvalue weighted by atomic mass is 32.1. The van der Waals surface area contributed by atoms with Crippen molar-refractivity contribution in [2.75, 3.05) is 172 Å². The van der Waals surface area contributed by atoms with Gasteiger partial charge in [0.2, 0.25) is 17.7 Å². The number of carbonyl (C=O) groups excluding carboxylic acids is 7. The van der Waals surface area contributed by atoms with Crippen molar-refractivity contribution >= 4 is 87.8 Å². The molecule has 0 fully saturated rings. The number of nitrogens with one attached hydrogen (secondary N) is 5. The van der Waals surface area contributed by atoms with Gasteiger partial charge in [-0.15, -0.1) is 0 Å². The first-order valence-electron chi connectivity index (χ1n) is 42.8. The van der Waals surface area contributed by atoms with Gasteiger partial charge in [-0.05, 0) is 102 Å². The number of carboxylic acids is 3. The normalized spacial score (nSPS) is 12.3. The first-order valence-corrected chi connectivity index (χ1v) is 43.2. The van der Waals surface area contributed by atoms with Crippen LogP contribution >= 0.6 is 12.2 Å². The minimum Gasteiger partial charge on any atom is -0.508 e. The monoisotopic (exact) mass is 1780 g/mol. The summed E-state index contributed by atoms with van der Waals surface area (Å²) in [6, 6.07) is 29.5. The van der Waals surface area contributed by atoms with Gasteiger partial charge < -0.3 is 113 Å². The van der Waals surface area contributed by atoms with E-state index in [4.69, 9.17) is 78.6 Å². The van der Waals surface area contributed by atoms with Gasteiger partial charge in [-0.2, -0.15) is 0 Å². The van der Waals surface area contributed by atoms with Gasteiger partial charge in [0.1, 0.15) is 28.9 Å². The number of hydrogen-bond acceptors (Lipinski definition) is 27. The zero-order valence-corrected chi connectivity index (χ0v) is 72.4. The number of amides is 5. The molecule has 692 valence electrons. The first kappa shape index (κ1) is 105. The molecule has 5 amide bonds. The number of aliphatic carboxylic acids is 2. The first-order chi connectivity index (χ1) is 61.3. The Balaban J connectivity index is 0.660. The number of phenolic OH excluding ortho intramolecular Hbond substituents is 1. The summed E-state index contributed by atoms with van der Waals surface area (Å²) < 4.78 is 77.5. The molecule has 4 aromatic carbocycles. The van der Waals surface area contributed by atoms with Crippen LogP contribution in [-0.2, 0) is 119 Å². The van der Waals surface area contributed by atoms with E-state index in [1.54, 1.807) is 24.3 Å². The second kappa shape index (κ2) is 64.6. The molecule has 1 aliphatic carbocycles. The van der Waals surface area contributed by atoms with Crippen molar-refractivity contribution in [3.8, 4) is 28.2 Å². The lowest BCUT2D eigenvalue weighted by Crippen LogP contribution is -2.49. The Morgan fingerprint density at radius 1 is 0.444 bits per heavy atom. The van der Waals surface area contributed by atoms with Crippen LogP contribution in [0.1, 0.15) is 130 Å². The number of aromatic carboxylic acids is 1. The summed E-state index contributed by atoms with van der Waals surface area (Å²) in [4.78, 5) is 138. The van der Waals surface area contributed by atoms with Crippen LogP contribution in [0.4, 0.5) is 4.79 Å². The van der Waals surface area contributed by atoms with Gasteiger partial charge in [0, 0.05) is 92.6 Å². The minimum absolute atomic E-state index is 0.0307. The molecular weight excluding hydrogens is 1660 g/mol. The number of unbranched alkanes of at least 4 members (excludes halogenated alkanes) is 5. The zero-order chi connectivity index (χ0) is 90.4. The number of ketones is 2. The number of phenols is 1. The molecule has 2 aliphatic rings. The number of ether oxygens (including phenoxy) is 13. The Morgan fingerprint density at radius 2 is 0.960 bits per heavy atom. The number of aromatic hydroxyl groups is 1. The molecule has 0 saturated carbocycles. The molecule has 4 aromatic rings. The van der Waals surface area contributed by atoms with E-state index >= 15 is 0 Å². The largest absolute Gasteiger partial charge is 0.508 e. The van der Waals surface area contributed by atoms with Crippen LogP contribution in [0.2, 0.25) is 0 Å². The van der Waals surface area contributed by atoms with Crippen molar-refractivity contribution in [3.63, 3.8) is 0 Å². The average molecular weight is 1780 g/mol. The summed E-state index contributed by atoms with van der Waals surface area (Å²) in [7, 11) is 0. The Morgan fingerprint density at radius 3 is 1.49 bits per heavy atom. The van der Waals surface area contributed by atoms with Gasteiger partial charge in [-0.25, -0.2) is 14.4 Å². The Labute approximate surface area is 739 Å². The van der Waals surface area contributed by atoms with Crippen LogP contribution in [0.5, 0.6) is 5.75 Å². The van der Waals surface area contributed by atoms with E-state index in [1.807, 2.05) is 66.7 Å². The highest BCUT2D eigenvalue weighted by Crippen LogP contribution is 2.42. The molecule has 34 nitrogen and oxygen atoms in total. The molecule has 1 heterocycles. The molecule has 35 heteroatoms. The number of hydrogen-bond donors (Lipinski definition) is 9. The number of Topliss-reactive ketones (excluding diaryl/α,β-unsaturated/α-hetero) is 2. The van der Waals surface area contributed by atoms with Crippen molar-refractivity contribution in [1.82, 2.24) is 26.6 Å². The molecule has 6 rings (SSSR count). The highest BCUT2D eigenvalue weighted by molar-refractivity contribution is 7.80.